The zero-order valence-corrected chi connectivity index (χ0v) is 20.3. The summed E-state index contributed by atoms with van der Waals surface area (Å²) in [6.45, 7) is 1.83. The van der Waals surface area contributed by atoms with Crippen LogP contribution in [0.25, 0.3) is 0 Å². The second kappa shape index (κ2) is 9.03. The maximum absolute atomic E-state index is 12.2. The molecule has 0 spiro atoms. The van der Waals surface area contributed by atoms with Gasteiger partial charge >= 0.3 is 0 Å². The zero-order valence-electron chi connectivity index (χ0n) is 19.5. The molecule has 10 heteroatoms. The van der Waals surface area contributed by atoms with Crippen LogP contribution in [-0.4, -0.2) is 49.8 Å². The molecule has 3 heterocycles. The van der Waals surface area contributed by atoms with E-state index in [4.69, 9.17) is 10.7 Å². The first-order valence-corrected chi connectivity index (χ1v) is 13.5. The molecule has 0 amide bonds. The van der Waals surface area contributed by atoms with Crippen molar-refractivity contribution in [2.45, 2.75) is 36.2 Å². The molecule has 0 saturated carbocycles. The molecule has 0 bridgehead atoms. The first-order chi connectivity index (χ1) is 16.7. The van der Waals surface area contributed by atoms with E-state index in [1.807, 2.05) is 30.3 Å². The molecule has 9 nitrogen and oxygen atoms in total. The van der Waals surface area contributed by atoms with E-state index in [0.717, 1.165) is 48.6 Å². The Morgan fingerprint density at radius 2 is 1.80 bits per heavy atom. The van der Waals surface area contributed by atoms with Crippen LogP contribution in [0.5, 0.6) is 0 Å². The minimum atomic E-state index is -3.37. The number of nitrogens with two attached hydrogens (primary N) is 1. The number of hydrogen-bond donors (Lipinski definition) is 5. The molecule has 2 aliphatic heterocycles. The molecule has 5 rings (SSSR count). The summed E-state index contributed by atoms with van der Waals surface area (Å²) in [6, 6.07) is 16.8. The SMILES string of the molecule is CS(=O)(=O)c1ccccc1CN=C1NC(N)(c2ccc(N3CCC(O)CC3)cc2)Nc2cc[nH]c21. The topological polar surface area (TPSA) is 136 Å². The largest absolute Gasteiger partial charge is 0.393 e. The number of aromatic nitrogens is 1. The van der Waals surface area contributed by atoms with Crippen LogP contribution in [0.1, 0.15) is 29.7 Å². The van der Waals surface area contributed by atoms with E-state index in [2.05, 4.69) is 20.5 Å². The number of nitrogens with one attached hydrogen (secondary N) is 3. The fourth-order valence-electron chi connectivity index (χ4n) is 4.64. The van der Waals surface area contributed by atoms with Crippen LogP contribution in [0.15, 0.2) is 70.7 Å². The average molecular weight is 495 g/mol. The summed E-state index contributed by atoms with van der Waals surface area (Å²) in [7, 11) is -3.37. The number of aromatic amines is 1. The molecule has 1 fully saturated rings. The lowest BCUT2D eigenvalue weighted by atomic mass is 10.0. The third-order valence-electron chi connectivity index (χ3n) is 6.56. The second-order valence-electron chi connectivity index (χ2n) is 9.13. The Kier molecular flexibility index (Phi) is 6.04. The molecular formula is C25H30N6O3S. The minimum absolute atomic E-state index is 0.180. The molecule has 0 aliphatic carbocycles. The summed E-state index contributed by atoms with van der Waals surface area (Å²) in [5, 5.41) is 16.4. The molecule has 2 aliphatic rings. The average Bonchev–Trinajstić information content (AvgIpc) is 3.31. The number of aliphatic hydroxyl groups is 1. The summed E-state index contributed by atoms with van der Waals surface area (Å²) in [4.78, 5) is 10.4. The van der Waals surface area contributed by atoms with Gasteiger partial charge < -0.3 is 25.6 Å². The van der Waals surface area contributed by atoms with Gasteiger partial charge in [0.15, 0.2) is 21.5 Å². The first kappa shape index (κ1) is 23.4. The van der Waals surface area contributed by atoms with Gasteiger partial charge in [-0.15, -0.1) is 0 Å². The Morgan fingerprint density at radius 1 is 1.09 bits per heavy atom. The number of aliphatic imine (C=N–C) groups is 1. The van der Waals surface area contributed by atoms with Gasteiger partial charge in [0, 0.05) is 36.8 Å². The van der Waals surface area contributed by atoms with Gasteiger partial charge in [-0.25, -0.2) is 8.42 Å². The number of piperidine rings is 1. The fraction of sp³-hybridized carbons (Fsp3) is 0.320. The fourth-order valence-corrected chi connectivity index (χ4v) is 5.58. The number of rotatable bonds is 5. The molecule has 3 aromatic rings. The lowest BCUT2D eigenvalue weighted by Gasteiger charge is -2.38. The van der Waals surface area contributed by atoms with Crippen LogP contribution in [0.3, 0.4) is 0 Å². The standard InChI is InChI=1S/C25H30N6O3S/c1-35(33,34)22-5-3-2-4-17(22)16-28-24-23-21(10-13-27-23)29-25(26,30-24)18-6-8-19(9-7-18)31-14-11-20(32)12-15-31/h2-10,13,20,27,29,32H,11-12,14-16,26H2,1H3,(H,28,30). The molecular weight excluding hydrogens is 464 g/mol. The number of H-pyrrole nitrogens is 1. The number of nitrogens with zero attached hydrogens (tertiary/aromatic N) is 2. The monoisotopic (exact) mass is 494 g/mol. The van der Waals surface area contributed by atoms with Gasteiger partial charge in [-0.3, -0.25) is 10.7 Å². The van der Waals surface area contributed by atoms with Gasteiger partial charge in [-0.2, -0.15) is 0 Å². The predicted molar refractivity (Wildman–Crippen MR) is 137 cm³/mol. The van der Waals surface area contributed by atoms with Gasteiger partial charge in [-0.1, -0.05) is 30.3 Å². The number of aliphatic hydroxyl groups excluding tert-OH is 1. The van der Waals surface area contributed by atoms with Crippen molar-refractivity contribution in [3.63, 3.8) is 0 Å². The van der Waals surface area contributed by atoms with E-state index >= 15 is 0 Å². The highest BCUT2D eigenvalue weighted by Crippen LogP contribution is 2.30. The number of anilines is 2. The van der Waals surface area contributed by atoms with Gasteiger partial charge in [0.05, 0.1) is 23.2 Å². The van der Waals surface area contributed by atoms with Crippen LogP contribution in [0.4, 0.5) is 11.4 Å². The summed E-state index contributed by atoms with van der Waals surface area (Å²) in [5.41, 5.74) is 10.9. The molecule has 1 aromatic heterocycles. The molecule has 1 unspecified atom stereocenters. The molecule has 35 heavy (non-hydrogen) atoms. The number of amidine groups is 1. The molecule has 1 saturated heterocycles. The van der Waals surface area contributed by atoms with Gasteiger partial charge in [-0.05, 0) is 42.7 Å². The van der Waals surface area contributed by atoms with Crippen molar-refractivity contribution in [1.82, 2.24) is 10.3 Å². The molecule has 0 radical (unpaired) electrons. The Morgan fingerprint density at radius 3 is 2.51 bits per heavy atom. The maximum Gasteiger partial charge on any atom is 0.190 e. The quantitative estimate of drug-likeness (QED) is 0.366. The Bertz CT molecular complexity index is 1340. The van der Waals surface area contributed by atoms with Gasteiger partial charge in [0.25, 0.3) is 0 Å². The molecule has 184 valence electrons. The zero-order chi connectivity index (χ0) is 24.6. The molecule has 2 aromatic carbocycles. The van der Waals surface area contributed by atoms with E-state index in [0.29, 0.717) is 11.4 Å². The van der Waals surface area contributed by atoms with Crippen molar-refractivity contribution in [1.29, 1.82) is 0 Å². The first-order valence-electron chi connectivity index (χ1n) is 11.6. The highest BCUT2D eigenvalue weighted by atomic mass is 32.2. The summed E-state index contributed by atoms with van der Waals surface area (Å²) < 4.78 is 24.4. The summed E-state index contributed by atoms with van der Waals surface area (Å²) in [5.74, 6) is -0.565. The summed E-state index contributed by atoms with van der Waals surface area (Å²) in [6.07, 6.45) is 4.32. The summed E-state index contributed by atoms with van der Waals surface area (Å²) >= 11 is 0. The molecule has 6 N–H and O–H groups in total. The van der Waals surface area contributed by atoms with Gasteiger partial charge in [0.2, 0.25) is 0 Å². The third-order valence-corrected chi connectivity index (χ3v) is 7.76. The highest BCUT2D eigenvalue weighted by Gasteiger charge is 2.35. The Labute approximate surface area is 205 Å². The lowest BCUT2D eigenvalue weighted by Crippen LogP contribution is -2.61. The van der Waals surface area contributed by atoms with Crippen molar-refractivity contribution in [3.05, 3.63) is 77.6 Å². The minimum Gasteiger partial charge on any atom is -0.393 e. The van der Waals surface area contributed by atoms with Gasteiger partial charge in [0.1, 0.15) is 5.69 Å². The second-order valence-corrected chi connectivity index (χ2v) is 11.1. The van der Waals surface area contributed by atoms with Crippen molar-refractivity contribution in [3.8, 4) is 0 Å². The lowest BCUT2D eigenvalue weighted by molar-refractivity contribution is 0.145. The smallest absolute Gasteiger partial charge is 0.190 e. The van der Waals surface area contributed by atoms with E-state index < -0.39 is 15.6 Å². The number of benzene rings is 2. The van der Waals surface area contributed by atoms with Crippen molar-refractivity contribution >= 4 is 27.0 Å². The van der Waals surface area contributed by atoms with Crippen molar-refractivity contribution in [2.75, 3.05) is 29.6 Å². The van der Waals surface area contributed by atoms with Crippen LogP contribution in [0.2, 0.25) is 0 Å². The van der Waals surface area contributed by atoms with Crippen LogP contribution in [0, 0.1) is 0 Å². The predicted octanol–water partition coefficient (Wildman–Crippen LogP) is 2.11. The highest BCUT2D eigenvalue weighted by molar-refractivity contribution is 7.90. The normalized spacial score (nSPS) is 21.9. The third kappa shape index (κ3) is 4.77. The maximum atomic E-state index is 12.2. The van der Waals surface area contributed by atoms with E-state index in [9.17, 15) is 13.5 Å². The van der Waals surface area contributed by atoms with Crippen LogP contribution >= 0.6 is 0 Å². The van der Waals surface area contributed by atoms with Crippen LogP contribution < -0.4 is 21.3 Å². The molecule has 1 atom stereocenters. The van der Waals surface area contributed by atoms with E-state index in [1.54, 1.807) is 30.5 Å². The number of hydrogen-bond acceptors (Lipinski definition) is 7. The number of sulfone groups is 1. The van der Waals surface area contributed by atoms with Crippen molar-refractivity contribution in [2.24, 2.45) is 10.7 Å². The van der Waals surface area contributed by atoms with E-state index in [-0.39, 0.29) is 17.5 Å². The Hall–Kier alpha value is -3.34. The van der Waals surface area contributed by atoms with E-state index in [1.165, 1.54) is 6.26 Å². The number of fused-ring (bicyclic) bond motifs is 1. The van der Waals surface area contributed by atoms with Crippen LogP contribution in [-0.2, 0) is 22.2 Å². The Balaban J connectivity index is 1.42. The van der Waals surface area contributed by atoms with Crippen molar-refractivity contribution < 1.29 is 13.5 Å².